The Morgan fingerprint density at radius 2 is 1.55 bits per heavy atom. The number of benzene rings is 1. The van der Waals surface area contributed by atoms with Gasteiger partial charge in [0.1, 0.15) is 12.1 Å². The van der Waals surface area contributed by atoms with Crippen molar-refractivity contribution in [2.75, 3.05) is 13.1 Å². The number of halogens is 3. The number of rotatable bonds is 12. The van der Waals surface area contributed by atoms with Crippen molar-refractivity contribution in [3.8, 4) is 0 Å². The van der Waals surface area contributed by atoms with Gasteiger partial charge in [0.15, 0.2) is 11.7 Å². The first kappa shape index (κ1) is 40.1. The topological polar surface area (TPSA) is 238 Å². The van der Waals surface area contributed by atoms with Crippen LogP contribution in [0.5, 0.6) is 0 Å². The Morgan fingerprint density at radius 3 is 2.18 bits per heavy atom. The van der Waals surface area contributed by atoms with E-state index in [1.54, 1.807) is 30.3 Å². The van der Waals surface area contributed by atoms with Crippen LogP contribution >= 0.6 is 0 Å². The maximum absolute atomic E-state index is 13.7. The minimum Gasteiger partial charge on any atom is -0.481 e. The quantitative estimate of drug-likeness (QED) is 0.0897. The van der Waals surface area contributed by atoms with E-state index in [1.807, 2.05) is 6.92 Å². The van der Waals surface area contributed by atoms with E-state index < -0.39 is 96.9 Å². The van der Waals surface area contributed by atoms with Gasteiger partial charge in [-0.3, -0.25) is 43.9 Å². The number of hydrogen-bond acceptors (Lipinski definition) is 8. The number of carboxylic acid groups (broad SMARTS) is 1. The smallest absolute Gasteiger partial charge is 0.471 e. The Morgan fingerprint density at radius 1 is 0.918 bits per heavy atom. The highest BCUT2D eigenvalue weighted by molar-refractivity contribution is 5.99. The molecule has 270 valence electrons. The predicted molar refractivity (Wildman–Crippen MR) is 168 cm³/mol. The summed E-state index contributed by atoms with van der Waals surface area (Å²) in [5.74, 6) is -9.49. The van der Waals surface area contributed by atoms with Crippen molar-refractivity contribution < 1.29 is 51.8 Å². The van der Waals surface area contributed by atoms with Gasteiger partial charge in [-0.05, 0) is 31.2 Å². The minimum atomic E-state index is -5.19. The Balaban J connectivity index is 2.38. The number of unbranched alkanes of at least 4 members (excludes halogenated alkanes) is 2. The lowest BCUT2D eigenvalue weighted by molar-refractivity contribution is -0.171. The third kappa shape index (κ3) is 14.7. The summed E-state index contributed by atoms with van der Waals surface area (Å²) in [4.78, 5) is 92.7. The number of carboxylic acids is 1. The van der Waals surface area contributed by atoms with Gasteiger partial charge in [0, 0.05) is 18.9 Å². The summed E-state index contributed by atoms with van der Waals surface area (Å²) in [5.41, 5.74) is 6.03. The average Bonchev–Trinajstić information content (AvgIpc) is 3.03. The summed E-state index contributed by atoms with van der Waals surface area (Å²) in [6, 6.07) is 4.71. The van der Waals surface area contributed by atoms with Crippen molar-refractivity contribution in [1.29, 1.82) is 0 Å². The molecule has 1 aliphatic heterocycles. The fourth-order valence-electron chi connectivity index (χ4n) is 4.92. The molecular formula is C31H42F3N7O8. The number of carbonyl (C=O) groups excluding carboxylic acids is 6. The van der Waals surface area contributed by atoms with Crippen LogP contribution in [0.15, 0.2) is 35.3 Å². The SMILES string of the molecule is CCCCCC1NC(=O)[C@@H](Cc2ccccc2)CC(=O)[C@H](CC(=O)O)NC(=O)CNC(=O)[C@H](CCCN=C(N)NC(=O)C(F)(F)F)NC1=O. The number of aliphatic carboxylic acids is 1. The normalized spacial score (nSPS) is 21.7. The molecule has 0 saturated carbocycles. The van der Waals surface area contributed by atoms with E-state index in [4.69, 9.17) is 5.73 Å². The minimum absolute atomic E-state index is 0.0334. The van der Waals surface area contributed by atoms with Crippen LogP contribution in [-0.2, 0) is 40.0 Å². The van der Waals surface area contributed by atoms with Crippen molar-refractivity contribution in [3.63, 3.8) is 0 Å². The number of guanidine groups is 1. The highest BCUT2D eigenvalue weighted by atomic mass is 19.4. The number of nitrogens with one attached hydrogen (secondary N) is 5. The molecule has 49 heavy (non-hydrogen) atoms. The molecule has 1 unspecified atom stereocenters. The van der Waals surface area contributed by atoms with E-state index >= 15 is 0 Å². The Kier molecular flexibility index (Phi) is 16.1. The maximum atomic E-state index is 13.7. The van der Waals surface area contributed by atoms with Crippen molar-refractivity contribution >= 4 is 47.2 Å². The lowest BCUT2D eigenvalue weighted by atomic mass is 9.90. The van der Waals surface area contributed by atoms with E-state index in [1.165, 1.54) is 5.32 Å². The van der Waals surface area contributed by atoms with E-state index in [-0.39, 0.29) is 32.2 Å². The average molecular weight is 698 g/mol. The number of nitrogens with two attached hydrogens (primary N) is 1. The number of alkyl halides is 3. The molecule has 0 aromatic heterocycles. The second-order valence-electron chi connectivity index (χ2n) is 11.5. The first-order valence-corrected chi connectivity index (χ1v) is 15.7. The number of Topliss-reactive ketones (excluding diaryl/α,β-unsaturated/α-hetero) is 1. The molecule has 0 aliphatic carbocycles. The molecule has 15 nitrogen and oxygen atoms in total. The highest BCUT2D eigenvalue weighted by Gasteiger charge is 2.39. The predicted octanol–water partition coefficient (Wildman–Crippen LogP) is 0.217. The number of carbonyl (C=O) groups is 7. The second-order valence-corrected chi connectivity index (χ2v) is 11.5. The number of amides is 5. The van der Waals surface area contributed by atoms with Gasteiger partial charge < -0.3 is 32.1 Å². The van der Waals surface area contributed by atoms with E-state index in [2.05, 4.69) is 26.3 Å². The van der Waals surface area contributed by atoms with Crippen molar-refractivity contribution in [2.24, 2.45) is 16.6 Å². The number of nitrogens with zero attached hydrogens (tertiary/aromatic N) is 1. The summed E-state index contributed by atoms with van der Waals surface area (Å²) < 4.78 is 37.4. The van der Waals surface area contributed by atoms with Crippen LogP contribution in [0.25, 0.3) is 0 Å². The molecule has 2 rings (SSSR count). The lowest BCUT2D eigenvalue weighted by Crippen LogP contribution is -2.55. The maximum Gasteiger partial charge on any atom is 0.471 e. The second kappa shape index (κ2) is 19.7. The monoisotopic (exact) mass is 697 g/mol. The molecule has 4 atom stereocenters. The molecule has 1 saturated heterocycles. The zero-order chi connectivity index (χ0) is 36.6. The van der Waals surface area contributed by atoms with Gasteiger partial charge in [-0.15, -0.1) is 0 Å². The van der Waals surface area contributed by atoms with Crippen molar-refractivity contribution in [2.45, 2.75) is 89.0 Å². The fraction of sp³-hybridized carbons (Fsp3) is 0.548. The molecule has 0 bridgehead atoms. The van der Waals surface area contributed by atoms with Crippen LogP contribution in [0.3, 0.4) is 0 Å². The van der Waals surface area contributed by atoms with Crippen LogP contribution in [-0.4, -0.2) is 89.7 Å². The van der Waals surface area contributed by atoms with E-state index in [0.717, 1.165) is 6.42 Å². The number of aliphatic imine (C=N–C) groups is 1. The zero-order valence-electron chi connectivity index (χ0n) is 26.9. The van der Waals surface area contributed by atoms with Crippen LogP contribution < -0.4 is 32.3 Å². The summed E-state index contributed by atoms with van der Waals surface area (Å²) in [7, 11) is 0. The van der Waals surface area contributed by atoms with Crippen LogP contribution in [0.2, 0.25) is 0 Å². The van der Waals surface area contributed by atoms with E-state index in [9.17, 15) is 51.8 Å². The largest absolute Gasteiger partial charge is 0.481 e. The van der Waals surface area contributed by atoms with E-state index in [0.29, 0.717) is 18.4 Å². The molecule has 0 spiro atoms. The van der Waals surface area contributed by atoms with Gasteiger partial charge in [-0.1, -0.05) is 56.5 Å². The molecule has 0 radical (unpaired) electrons. The molecule has 8 N–H and O–H groups in total. The molecule has 1 fully saturated rings. The summed E-state index contributed by atoms with van der Waals surface area (Å²) in [5, 5.41) is 20.6. The molecular weight excluding hydrogens is 655 g/mol. The Hall–Kier alpha value is -5.03. The van der Waals surface area contributed by atoms with Crippen LogP contribution in [0.4, 0.5) is 13.2 Å². The third-order valence-corrected chi connectivity index (χ3v) is 7.46. The summed E-state index contributed by atoms with van der Waals surface area (Å²) >= 11 is 0. The van der Waals surface area contributed by atoms with Gasteiger partial charge in [-0.25, -0.2) is 0 Å². The standard InChI is InChI=1S/C31H42F3N7O8/c1-2-3-5-11-21-28(48)40-20(12-8-13-36-30(35)41-29(49)31(32,33)34)27(47)37-17-24(43)38-22(16-25(44)45)23(42)15-19(26(46)39-21)14-18-9-6-4-7-10-18/h4,6-7,9-10,19-22H,2-3,5,8,11-17H2,1H3,(H,37,47)(H,38,43)(H,39,46)(H,40,48)(H,44,45)(H3,35,36,41,49)/t19-,20-,21?,22-/m0/s1. The lowest BCUT2D eigenvalue weighted by Gasteiger charge is -2.25. The fourth-order valence-corrected chi connectivity index (χ4v) is 4.92. The third-order valence-electron chi connectivity index (χ3n) is 7.46. The highest BCUT2D eigenvalue weighted by Crippen LogP contribution is 2.17. The molecule has 5 amide bonds. The van der Waals surface area contributed by atoms with Gasteiger partial charge in [0.05, 0.1) is 19.0 Å². The Bertz CT molecular complexity index is 1370. The first-order valence-electron chi connectivity index (χ1n) is 15.7. The molecule has 1 aromatic rings. The van der Waals surface area contributed by atoms with Crippen LogP contribution in [0, 0.1) is 5.92 Å². The van der Waals surface area contributed by atoms with Gasteiger partial charge in [0.2, 0.25) is 23.6 Å². The summed E-state index contributed by atoms with van der Waals surface area (Å²) in [6.07, 6.45) is -4.36. The van der Waals surface area contributed by atoms with Crippen molar-refractivity contribution in [1.82, 2.24) is 26.6 Å². The van der Waals surface area contributed by atoms with Gasteiger partial charge in [0.25, 0.3) is 0 Å². The van der Waals surface area contributed by atoms with Crippen molar-refractivity contribution in [3.05, 3.63) is 35.9 Å². The Labute approximate surface area is 280 Å². The summed E-state index contributed by atoms with van der Waals surface area (Å²) in [6.45, 7) is 0.971. The molecule has 1 aliphatic rings. The zero-order valence-corrected chi connectivity index (χ0v) is 26.9. The first-order chi connectivity index (χ1) is 23.1. The number of hydrogen-bond donors (Lipinski definition) is 7. The molecule has 1 heterocycles. The van der Waals surface area contributed by atoms with Crippen LogP contribution in [0.1, 0.15) is 63.9 Å². The number of ketones is 1. The van der Waals surface area contributed by atoms with Gasteiger partial charge in [-0.2, -0.15) is 13.2 Å². The van der Waals surface area contributed by atoms with Gasteiger partial charge >= 0.3 is 18.1 Å². The molecule has 1 aromatic carbocycles. The molecule has 18 heteroatoms.